The Morgan fingerprint density at radius 2 is 2.00 bits per heavy atom. The molecule has 4 rings (SSSR count). The highest BCUT2D eigenvalue weighted by Crippen LogP contribution is 2.26. The molecule has 1 N–H and O–H groups in total. The van der Waals surface area contributed by atoms with E-state index in [0.29, 0.717) is 0 Å². The van der Waals surface area contributed by atoms with Gasteiger partial charge in [-0.1, -0.05) is 36.8 Å². The van der Waals surface area contributed by atoms with Crippen LogP contribution in [0.1, 0.15) is 48.8 Å². The summed E-state index contributed by atoms with van der Waals surface area (Å²) < 4.78 is 2.33. The molecule has 0 fully saturated rings. The van der Waals surface area contributed by atoms with E-state index >= 15 is 0 Å². The van der Waals surface area contributed by atoms with Crippen LogP contribution in [0.4, 0.5) is 0 Å². The molecule has 4 nitrogen and oxygen atoms in total. The van der Waals surface area contributed by atoms with Crippen LogP contribution in [-0.4, -0.2) is 14.8 Å². The first-order valence-electron chi connectivity index (χ1n) is 9.09. The lowest BCUT2D eigenvalue weighted by Gasteiger charge is -2.14. The second-order valence-corrected chi connectivity index (χ2v) is 7.70. The summed E-state index contributed by atoms with van der Waals surface area (Å²) in [6, 6.07) is 13.0. The van der Waals surface area contributed by atoms with Gasteiger partial charge in [0.2, 0.25) is 0 Å². The fourth-order valence-corrected chi connectivity index (χ4v) is 4.27. The maximum absolute atomic E-state index is 4.46. The number of nitrogens with zero attached hydrogens (tertiary/aromatic N) is 3. The van der Waals surface area contributed by atoms with Crippen molar-refractivity contribution in [1.82, 2.24) is 20.1 Å². The number of rotatable bonds is 5. The largest absolute Gasteiger partial charge is 0.314 e. The molecule has 3 aromatic rings. The minimum Gasteiger partial charge on any atom is -0.314 e. The van der Waals surface area contributed by atoms with Crippen LogP contribution in [0.5, 0.6) is 0 Å². The number of thiophene rings is 1. The van der Waals surface area contributed by atoms with Crippen molar-refractivity contribution < 1.29 is 0 Å². The molecule has 1 aliphatic heterocycles. The molecular weight excluding hydrogens is 328 g/mol. The third-order valence-corrected chi connectivity index (χ3v) is 5.81. The highest BCUT2D eigenvalue weighted by atomic mass is 32.1. The van der Waals surface area contributed by atoms with Crippen LogP contribution in [0, 0.1) is 0 Å². The van der Waals surface area contributed by atoms with Crippen molar-refractivity contribution in [3.05, 3.63) is 58.3 Å². The Kier molecular flexibility index (Phi) is 4.95. The van der Waals surface area contributed by atoms with E-state index in [-0.39, 0.29) is 6.04 Å². The first-order chi connectivity index (χ1) is 12.3. The summed E-state index contributed by atoms with van der Waals surface area (Å²) in [6.07, 6.45) is 4.82. The average Bonchev–Trinajstić information content (AvgIpc) is 3.22. The second-order valence-electron chi connectivity index (χ2n) is 6.71. The molecule has 0 spiro atoms. The fourth-order valence-electron chi connectivity index (χ4n) is 3.43. The van der Waals surface area contributed by atoms with Crippen LogP contribution in [0.25, 0.3) is 11.1 Å². The number of fused-ring (bicyclic) bond motifs is 1. The van der Waals surface area contributed by atoms with Gasteiger partial charge in [-0.15, -0.1) is 21.5 Å². The highest BCUT2D eigenvalue weighted by Gasteiger charge is 2.19. The number of benzene rings is 1. The van der Waals surface area contributed by atoms with Crippen LogP contribution in [-0.2, 0) is 19.5 Å². The predicted molar refractivity (Wildman–Crippen MR) is 103 cm³/mol. The van der Waals surface area contributed by atoms with Gasteiger partial charge in [0.05, 0.1) is 6.04 Å². The third-order valence-electron chi connectivity index (χ3n) is 4.87. The predicted octanol–water partition coefficient (Wildman–Crippen LogP) is 4.58. The normalized spacial score (nSPS) is 15.6. The fraction of sp³-hybridized carbons (Fsp3) is 0.400. The van der Waals surface area contributed by atoms with Crippen LogP contribution in [0.2, 0.25) is 0 Å². The summed E-state index contributed by atoms with van der Waals surface area (Å²) >= 11 is 1.81. The van der Waals surface area contributed by atoms with E-state index in [9.17, 15) is 0 Å². The zero-order chi connectivity index (χ0) is 17.1. The first kappa shape index (κ1) is 16.5. The Labute approximate surface area is 152 Å². The molecule has 0 amide bonds. The molecule has 5 heteroatoms. The molecule has 1 unspecified atom stereocenters. The molecule has 0 saturated carbocycles. The van der Waals surface area contributed by atoms with Gasteiger partial charge in [-0.05, 0) is 42.3 Å². The van der Waals surface area contributed by atoms with Gasteiger partial charge in [0.25, 0.3) is 0 Å². The molecule has 1 atom stereocenters. The van der Waals surface area contributed by atoms with E-state index in [2.05, 4.69) is 68.8 Å². The van der Waals surface area contributed by atoms with Gasteiger partial charge in [-0.2, -0.15) is 0 Å². The second kappa shape index (κ2) is 7.50. The van der Waals surface area contributed by atoms with E-state index < -0.39 is 0 Å². The summed E-state index contributed by atoms with van der Waals surface area (Å²) in [4.78, 5) is 1.35. The van der Waals surface area contributed by atoms with E-state index in [4.69, 9.17) is 0 Å². The summed E-state index contributed by atoms with van der Waals surface area (Å²) in [7, 11) is 0. The third kappa shape index (κ3) is 3.67. The standard InChI is InChI=1S/C20H24N4S/c1-15(20-23-22-19-10-6-3-7-11-24(19)20)21-13-18-12-17(14-25-18)16-8-4-2-5-9-16/h2,4-5,8-9,12,14-15,21H,3,6-7,10-11,13H2,1H3. The van der Waals surface area contributed by atoms with E-state index in [1.54, 1.807) is 0 Å². The van der Waals surface area contributed by atoms with Crippen LogP contribution >= 0.6 is 11.3 Å². The van der Waals surface area contributed by atoms with Crippen molar-refractivity contribution in [3.8, 4) is 11.1 Å². The molecular formula is C20H24N4S. The van der Waals surface area contributed by atoms with Crippen molar-refractivity contribution in [3.63, 3.8) is 0 Å². The zero-order valence-electron chi connectivity index (χ0n) is 14.6. The molecule has 130 valence electrons. The Balaban J connectivity index is 1.42. The Morgan fingerprint density at radius 3 is 2.88 bits per heavy atom. The Bertz CT molecular complexity index is 821. The van der Waals surface area contributed by atoms with Crippen LogP contribution in [0.15, 0.2) is 41.8 Å². The van der Waals surface area contributed by atoms with Gasteiger partial charge in [-0.3, -0.25) is 0 Å². The maximum Gasteiger partial charge on any atom is 0.149 e. The number of aromatic nitrogens is 3. The van der Waals surface area contributed by atoms with Crippen molar-refractivity contribution in [2.45, 2.75) is 51.7 Å². The van der Waals surface area contributed by atoms with Gasteiger partial charge >= 0.3 is 0 Å². The summed E-state index contributed by atoms with van der Waals surface area (Å²) in [5.74, 6) is 2.24. The van der Waals surface area contributed by atoms with Crippen molar-refractivity contribution in [2.75, 3.05) is 0 Å². The minimum atomic E-state index is 0.210. The van der Waals surface area contributed by atoms with Gasteiger partial charge in [-0.25, -0.2) is 0 Å². The van der Waals surface area contributed by atoms with Gasteiger partial charge in [0.15, 0.2) is 0 Å². The quantitative estimate of drug-likeness (QED) is 0.731. The summed E-state index contributed by atoms with van der Waals surface area (Å²) in [5, 5.41) is 14.7. The molecule has 25 heavy (non-hydrogen) atoms. The van der Waals surface area contributed by atoms with Crippen molar-refractivity contribution >= 4 is 11.3 Å². The summed E-state index contributed by atoms with van der Waals surface area (Å²) in [6.45, 7) is 4.11. The number of hydrogen-bond acceptors (Lipinski definition) is 4. The average molecular weight is 353 g/mol. The first-order valence-corrected chi connectivity index (χ1v) is 9.97. The lowest BCUT2D eigenvalue weighted by atomic mass is 10.1. The van der Waals surface area contributed by atoms with Crippen molar-refractivity contribution in [2.24, 2.45) is 0 Å². The monoisotopic (exact) mass is 352 g/mol. The molecule has 3 heterocycles. The molecule has 1 aromatic carbocycles. The SMILES string of the molecule is CC(NCc1cc(-c2ccccc2)cs1)c1nnc2n1CCCCC2. The van der Waals surface area contributed by atoms with Gasteiger partial charge in [0.1, 0.15) is 11.6 Å². The smallest absolute Gasteiger partial charge is 0.149 e. The minimum absolute atomic E-state index is 0.210. The lowest BCUT2D eigenvalue weighted by molar-refractivity contribution is 0.504. The number of nitrogens with one attached hydrogen (secondary N) is 1. The molecule has 0 aliphatic carbocycles. The molecule has 2 aromatic heterocycles. The topological polar surface area (TPSA) is 42.7 Å². The van der Waals surface area contributed by atoms with Crippen molar-refractivity contribution in [1.29, 1.82) is 0 Å². The van der Waals surface area contributed by atoms with Crippen LogP contribution < -0.4 is 5.32 Å². The molecule has 0 bridgehead atoms. The van der Waals surface area contributed by atoms with Gasteiger partial charge < -0.3 is 9.88 Å². The summed E-state index contributed by atoms with van der Waals surface area (Å²) in [5.41, 5.74) is 2.58. The van der Waals surface area contributed by atoms with Gasteiger partial charge in [0, 0.05) is 24.4 Å². The van der Waals surface area contributed by atoms with Crippen LogP contribution in [0.3, 0.4) is 0 Å². The van der Waals surface area contributed by atoms with E-state index in [1.165, 1.54) is 35.3 Å². The van der Waals surface area contributed by atoms with E-state index in [0.717, 1.165) is 31.2 Å². The lowest BCUT2D eigenvalue weighted by Crippen LogP contribution is -2.22. The Morgan fingerprint density at radius 1 is 1.12 bits per heavy atom. The Hall–Kier alpha value is -1.98. The van der Waals surface area contributed by atoms with E-state index in [1.807, 2.05) is 11.3 Å². The highest BCUT2D eigenvalue weighted by molar-refractivity contribution is 7.10. The maximum atomic E-state index is 4.46. The molecule has 1 aliphatic rings. The number of hydrogen-bond donors (Lipinski definition) is 1. The number of aryl methyl sites for hydroxylation is 1. The zero-order valence-corrected chi connectivity index (χ0v) is 15.4. The molecule has 0 radical (unpaired) electrons. The molecule has 0 saturated heterocycles.